The Kier molecular flexibility index (Phi) is 3.61. The lowest BCUT2D eigenvalue weighted by Gasteiger charge is -2.09. The van der Waals surface area contributed by atoms with Crippen molar-refractivity contribution in [1.82, 2.24) is 9.97 Å². The number of hydrogen-bond donors (Lipinski definition) is 2. The molecule has 0 radical (unpaired) electrons. The molecule has 0 bridgehead atoms. The van der Waals surface area contributed by atoms with E-state index >= 15 is 0 Å². The molecule has 2 aromatic rings. The third-order valence-electron chi connectivity index (χ3n) is 2.77. The zero-order valence-corrected chi connectivity index (χ0v) is 10.9. The first kappa shape index (κ1) is 11.6. The highest BCUT2D eigenvalue weighted by molar-refractivity contribution is 9.10. The molecule has 4 heteroatoms. The minimum absolute atomic E-state index is 0.344. The Morgan fingerprint density at radius 2 is 2.31 bits per heavy atom. The Balaban J connectivity index is 2.37. The number of rotatable bonds is 4. The summed E-state index contributed by atoms with van der Waals surface area (Å²) in [5.74, 6) is 1.36. The summed E-state index contributed by atoms with van der Waals surface area (Å²) in [7, 11) is 0. The van der Waals surface area contributed by atoms with Gasteiger partial charge in [0.25, 0.3) is 0 Å². The van der Waals surface area contributed by atoms with Crippen molar-refractivity contribution in [2.75, 3.05) is 6.54 Å². The lowest BCUT2D eigenvalue weighted by molar-refractivity contribution is 0.596. The minimum Gasteiger partial charge on any atom is -0.342 e. The van der Waals surface area contributed by atoms with Crippen molar-refractivity contribution in [2.24, 2.45) is 5.73 Å². The van der Waals surface area contributed by atoms with Crippen molar-refractivity contribution >= 4 is 27.0 Å². The summed E-state index contributed by atoms with van der Waals surface area (Å²) in [4.78, 5) is 7.94. The van der Waals surface area contributed by atoms with Gasteiger partial charge in [0, 0.05) is 16.9 Å². The molecule has 3 nitrogen and oxygen atoms in total. The van der Waals surface area contributed by atoms with Gasteiger partial charge in [-0.15, -0.1) is 0 Å². The molecule has 1 heterocycles. The van der Waals surface area contributed by atoms with Crippen LogP contribution in [0.2, 0.25) is 0 Å². The Bertz CT molecular complexity index is 478. The highest BCUT2D eigenvalue weighted by atomic mass is 79.9. The predicted octanol–water partition coefficient (Wildman–Crippen LogP) is 3.17. The van der Waals surface area contributed by atoms with Gasteiger partial charge in [0.2, 0.25) is 0 Å². The number of hydrogen-bond acceptors (Lipinski definition) is 2. The van der Waals surface area contributed by atoms with Gasteiger partial charge in [-0.3, -0.25) is 0 Å². The van der Waals surface area contributed by atoms with E-state index in [1.807, 2.05) is 18.2 Å². The zero-order valence-electron chi connectivity index (χ0n) is 9.33. The summed E-state index contributed by atoms with van der Waals surface area (Å²) < 4.78 is 1.06. The van der Waals surface area contributed by atoms with Crippen molar-refractivity contribution < 1.29 is 0 Å². The van der Waals surface area contributed by atoms with Gasteiger partial charge < -0.3 is 10.7 Å². The van der Waals surface area contributed by atoms with Gasteiger partial charge in [-0.2, -0.15) is 0 Å². The average Bonchev–Trinajstić information content (AvgIpc) is 2.68. The van der Waals surface area contributed by atoms with Crippen LogP contribution in [0.1, 0.15) is 31.5 Å². The van der Waals surface area contributed by atoms with Gasteiger partial charge in [-0.25, -0.2) is 4.98 Å². The number of aromatic amines is 1. The number of aromatic nitrogens is 2. The van der Waals surface area contributed by atoms with Crippen LogP contribution in [-0.2, 0) is 0 Å². The Morgan fingerprint density at radius 1 is 1.50 bits per heavy atom. The molecule has 0 aliphatic carbocycles. The lowest BCUT2D eigenvalue weighted by Crippen LogP contribution is -2.13. The monoisotopic (exact) mass is 281 g/mol. The van der Waals surface area contributed by atoms with Crippen molar-refractivity contribution in [2.45, 2.75) is 25.7 Å². The van der Waals surface area contributed by atoms with Gasteiger partial charge in [0.15, 0.2) is 0 Å². The topological polar surface area (TPSA) is 54.7 Å². The van der Waals surface area contributed by atoms with Crippen LogP contribution in [0.5, 0.6) is 0 Å². The number of imidazole rings is 1. The standard InChI is InChI=1S/C12H16BrN3/c1-2-3-8(7-14)12-15-10-5-4-9(13)6-11(10)16-12/h4-6,8H,2-3,7,14H2,1H3,(H,15,16). The second-order valence-corrected chi connectivity index (χ2v) is 4.92. The van der Waals surface area contributed by atoms with E-state index in [2.05, 4.69) is 32.8 Å². The third-order valence-corrected chi connectivity index (χ3v) is 3.26. The van der Waals surface area contributed by atoms with Crippen LogP contribution in [0.3, 0.4) is 0 Å². The number of H-pyrrole nitrogens is 1. The highest BCUT2D eigenvalue weighted by Gasteiger charge is 2.13. The molecule has 16 heavy (non-hydrogen) atoms. The van der Waals surface area contributed by atoms with Crippen molar-refractivity contribution in [3.8, 4) is 0 Å². The molecular formula is C12H16BrN3. The van der Waals surface area contributed by atoms with Gasteiger partial charge in [-0.1, -0.05) is 29.3 Å². The van der Waals surface area contributed by atoms with E-state index in [1.54, 1.807) is 0 Å². The van der Waals surface area contributed by atoms with Crippen LogP contribution in [0.25, 0.3) is 11.0 Å². The number of halogens is 1. The first-order chi connectivity index (χ1) is 7.74. The van der Waals surface area contributed by atoms with E-state index in [9.17, 15) is 0 Å². The SMILES string of the molecule is CCCC(CN)c1nc2ccc(Br)cc2[nH]1. The van der Waals surface area contributed by atoms with Crippen LogP contribution in [0, 0.1) is 0 Å². The summed E-state index contributed by atoms with van der Waals surface area (Å²) >= 11 is 3.45. The maximum absolute atomic E-state index is 5.77. The lowest BCUT2D eigenvalue weighted by atomic mass is 10.0. The molecule has 2 rings (SSSR count). The van der Waals surface area contributed by atoms with Crippen molar-refractivity contribution in [3.05, 3.63) is 28.5 Å². The number of nitrogens with two attached hydrogens (primary N) is 1. The predicted molar refractivity (Wildman–Crippen MR) is 70.5 cm³/mol. The first-order valence-electron chi connectivity index (χ1n) is 5.59. The molecule has 1 aromatic carbocycles. The van der Waals surface area contributed by atoms with E-state index in [0.29, 0.717) is 12.5 Å². The summed E-state index contributed by atoms with van der Waals surface area (Å²) in [6.45, 7) is 2.82. The van der Waals surface area contributed by atoms with E-state index in [-0.39, 0.29) is 0 Å². The minimum atomic E-state index is 0.344. The van der Waals surface area contributed by atoms with Crippen LogP contribution >= 0.6 is 15.9 Å². The fourth-order valence-electron chi connectivity index (χ4n) is 1.91. The highest BCUT2D eigenvalue weighted by Crippen LogP contribution is 2.23. The largest absolute Gasteiger partial charge is 0.342 e. The molecule has 0 aliphatic rings. The zero-order chi connectivity index (χ0) is 11.5. The molecule has 0 spiro atoms. The molecule has 1 unspecified atom stereocenters. The number of benzene rings is 1. The smallest absolute Gasteiger partial charge is 0.111 e. The van der Waals surface area contributed by atoms with Crippen molar-refractivity contribution in [3.63, 3.8) is 0 Å². The normalized spacial score (nSPS) is 13.2. The fraction of sp³-hybridized carbons (Fsp3) is 0.417. The number of fused-ring (bicyclic) bond motifs is 1. The molecule has 1 aromatic heterocycles. The van der Waals surface area contributed by atoms with Gasteiger partial charge in [-0.05, 0) is 24.6 Å². The Hall–Kier alpha value is -0.870. The maximum Gasteiger partial charge on any atom is 0.111 e. The summed E-state index contributed by atoms with van der Waals surface area (Å²) in [5, 5.41) is 0. The van der Waals surface area contributed by atoms with Crippen LogP contribution < -0.4 is 5.73 Å². The molecule has 86 valence electrons. The summed E-state index contributed by atoms with van der Waals surface area (Å²) in [5.41, 5.74) is 7.85. The average molecular weight is 282 g/mol. The van der Waals surface area contributed by atoms with Crippen LogP contribution in [-0.4, -0.2) is 16.5 Å². The second kappa shape index (κ2) is 4.97. The summed E-state index contributed by atoms with van der Waals surface area (Å²) in [6, 6.07) is 6.06. The van der Waals surface area contributed by atoms with Crippen LogP contribution in [0.15, 0.2) is 22.7 Å². The van der Waals surface area contributed by atoms with E-state index in [0.717, 1.165) is 34.2 Å². The molecule has 0 saturated heterocycles. The molecule has 3 N–H and O–H groups in total. The Labute approximate surface area is 104 Å². The second-order valence-electron chi connectivity index (χ2n) is 4.00. The quantitative estimate of drug-likeness (QED) is 0.905. The first-order valence-corrected chi connectivity index (χ1v) is 6.39. The number of nitrogens with one attached hydrogen (secondary N) is 1. The van der Waals surface area contributed by atoms with E-state index in [1.165, 1.54) is 0 Å². The fourth-order valence-corrected chi connectivity index (χ4v) is 2.27. The molecule has 0 amide bonds. The molecule has 0 saturated carbocycles. The molecule has 0 fully saturated rings. The van der Waals surface area contributed by atoms with Gasteiger partial charge >= 0.3 is 0 Å². The molecule has 0 aliphatic heterocycles. The molecule has 1 atom stereocenters. The van der Waals surface area contributed by atoms with E-state index in [4.69, 9.17) is 5.73 Å². The third kappa shape index (κ3) is 2.28. The van der Waals surface area contributed by atoms with Crippen LogP contribution in [0.4, 0.5) is 0 Å². The maximum atomic E-state index is 5.77. The van der Waals surface area contributed by atoms with E-state index < -0.39 is 0 Å². The summed E-state index contributed by atoms with van der Waals surface area (Å²) in [6.07, 6.45) is 2.21. The van der Waals surface area contributed by atoms with Gasteiger partial charge in [0.05, 0.1) is 11.0 Å². The number of nitrogens with zero attached hydrogens (tertiary/aromatic N) is 1. The molecular weight excluding hydrogens is 266 g/mol. The van der Waals surface area contributed by atoms with Gasteiger partial charge in [0.1, 0.15) is 5.82 Å². The van der Waals surface area contributed by atoms with Crippen molar-refractivity contribution in [1.29, 1.82) is 0 Å². The Morgan fingerprint density at radius 3 is 3.00 bits per heavy atom.